The first-order chi connectivity index (χ1) is 17.0. The summed E-state index contributed by atoms with van der Waals surface area (Å²) in [4.78, 5) is 27.4. The lowest BCUT2D eigenvalue weighted by atomic mass is 9.72. The topological polar surface area (TPSA) is 69.6 Å². The van der Waals surface area contributed by atoms with Gasteiger partial charge in [0.1, 0.15) is 5.82 Å². The van der Waals surface area contributed by atoms with Gasteiger partial charge in [0.25, 0.3) is 5.91 Å². The fourth-order valence-corrected chi connectivity index (χ4v) is 5.38. The molecule has 1 fully saturated rings. The molecule has 1 saturated heterocycles. The summed E-state index contributed by atoms with van der Waals surface area (Å²) in [6.07, 6.45) is 3.59. The van der Waals surface area contributed by atoms with Crippen molar-refractivity contribution in [2.75, 3.05) is 13.1 Å². The molecule has 1 spiro atoms. The molecule has 0 aromatic heterocycles. The first-order valence-corrected chi connectivity index (χ1v) is 11.8. The molecular formula is C29H27FN2O3. The van der Waals surface area contributed by atoms with Crippen molar-refractivity contribution < 1.29 is 19.1 Å². The third kappa shape index (κ3) is 4.37. The van der Waals surface area contributed by atoms with E-state index in [9.17, 15) is 19.1 Å². The number of hydrogen-bond donors (Lipinski definition) is 2. The summed E-state index contributed by atoms with van der Waals surface area (Å²) in [5.41, 5.74) is 2.75. The number of halogens is 1. The lowest BCUT2D eigenvalue weighted by Crippen LogP contribution is -2.50. The maximum Gasteiger partial charge on any atom is 0.251 e. The third-order valence-electron chi connectivity index (χ3n) is 7.29. The summed E-state index contributed by atoms with van der Waals surface area (Å²) in [5, 5.41) is 14.6. The number of nitrogens with one attached hydrogen (secondary N) is 1. The normalized spacial score (nSPS) is 20.7. The molecule has 0 radical (unpaired) electrons. The largest absolute Gasteiger partial charge is 0.390 e. The SMILES string of the molecule is O=C(N[C@@H]1c2ccccc2C2(CCN(C(=O)C=Cc3ccc(F)cc3)CC2)[C@H]1O)c1ccccc1. The Morgan fingerprint density at radius 1 is 0.943 bits per heavy atom. The van der Waals surface area contributed by atoms with Crippen molar-refractivity contribution in [3.63, 3.8) is 0 Å². The highest BCUT2D eigenvalue weighted by molar-refractivity contribution is 5.94. The number of likely N-dealkylation sites (tertiary alicyclic amines) is 1. The molecule has 1 aliphatic carbocycles. The van der Waals surface area contributed by atoms with Crippen LogP contribution >= 0.6 is 0 Å². The first-order valence-electron chi connectivity index (χ1n) is 11.8. The summed E-state index contributed by atoms with van der Waals surface area (Å²) in [6, 6.07) is 22.3. The van der Waals surface area contributed by atoms with Crippen LogP contribution in [0.1, 0.15) is 45.9 Å². The zero-order chi connectivity index (χ0) is 24.4. The van der Waals surface area contributed by atoms with Crippen LogP contribution in [0.3, 0.4) is 0 Å². The molecule has 5 rings (SSSR count). The summed E-state index contributed by atoms with van der Waals surface area (Å²) < 4.78 is 13.1. The Kier molecular flexibility index (Phi) is 6.22. The van der Waals surface area contributed by atoms with Crippen molar-refractivity contribution in [3.8, 4) is 0 Å². The van der Waals surface area contributed by atoms with E-state index in [2.05, 4.69) is 5.32 Å². The minimum atomic E-state index is -0.792. The van der Waals surface area contributed by atoms with Crippen LogP contribution < -0.4 is 5.32 Å². The van der Waals surface area contributed by atoms with E-state index < -0.39 is 17.6 Å². The predicted molar refractivity (Wildman–Crippen MR) is 132 cm³/mol. The van der Waals surface area contributed by atoms with Gasteiger partial charge in [0.2, 0.25) is 5.91 Å². The highest BCUT2D eigenvalue weighted by Gasteiger charge is 2.53. The van der Waals surface area contributed by atoms with Crippen LogP contribution in [-0.2, 0) is 10.2 Å². The van der Waals surface area contributed by atoms with Crippen LogP contribution in [0.5, 0.6) is 0 Å². The van der Waals surface area contributed by atoms with Gasteiger partial charge in [-0.05, 0) is 59.9 Å². The summed E-state index contributed by atoms with van der Waals surface area (Å²) in [5.74, 6) is -0.651. The van der Waals surface area contributed by atoms with E-state index in [1.54, 1.807) is 35.2 Å². The number of rotatable bonds is 4. The lowest BCUT2D eigenvalue weighted by molar-refractivity contribution is -0.128. The molecule has 35 heavy (non-hydrogen) atoms. The van der Waals surface area contributed by atoms with Gasteiger partial charge in [-0.2, -0.15) is 0 Å². The van der Waals surface area contributed by atoms with Crippen LogP contribution in [0.4, 0.5) is 4.39 Å². The number of carbonyl (C=O) groups excluding carboxylic acids is 2. The summed E-state index contributed by atoms with van der Waals surface area (Å²) in [6.45, 7) is 0.995. The van der Waals surface area contributed by atoms with E-state index in [1.165, 1.54) is 18.2 Å². The number of aliphatic hydroxyl groups excluding tert-OH is 1. The molecule has 2 aliphatic rings. The zero-order valence-electron chi connectivity index (χ0n) is 19.2. The van der Waals surface area contributed by atoms with E-state index in [-0.39, 0.29) is 17.6 Å². The molecule has 5 nitrogen and oxygen atoms in total. The van der Waals surface area contributed by atoms with E-state index >= 15 is 0 Å². The van der Waals surface area contributed by atoms with Gasteiger partial charge in [-0.1, -0.05) is 54.6 Å². The van der Waals surface area contributed by atoms with E-state index in [0.717, 1.165) is 16.7 Å². The Labute approximate surface area is 203 Å². The number of piperidine rings is 1. The number of hydrogen-bond acceptors (Lipinski definition) is 3. The van der Waals surface area contributed by atoms with E-state index in [0.29, 0.717) is 31.5 Å². The van der Waals surface area contributed by atoms with Crippen LogP contribution in [0.15, 0.2) is 84.9 Å². The maximum absolute atomic E-state index is 13.1. The Bertz CT molecular complexity index is 1250. The van der Waals surface area contributed by atoms with Crippen molar-refractivity contribution in [3.05, 3.63) is 113 Å². The molecule has 0 bridgehead atoms. The summed E-state index contributed by atoms with van der Waals surface area (Å²) >= 11 is 0. The standard InChI is InChI=1S/C29H27FN2O3/c30-22-13-10-20(11-14-22)12-15-25(33)32-18-16-29(17-19-32)24-9-5-4-8-23(24)26(27(29)34)31-28(35)21-6-2-1-3-7-21/h1-15,26-27,34H,16-19H2,(H,31,35)/t26-,27+/m1/s1. The molecule has 2 amide bonds. The van der Waals surface area contributed by atoms with Crippen molar-refractivity contribution in [1.82, 2.24) is 10.2 Å². The second-order valence-corrected chi connectivity index (χ2v) is 9.22. The Balaban J connectivity index is 1.31. The average molecular weight is 471 g/mol. The quantitative estimate of drug-likeness (QED) is 0.561. The van der Waals surface area contributed by atoms with Crippen LogP contribution in [0.25, 0.3) is 6.08 Å². The molecule has 0 unspecified atom stereocenters. The van der Waals surface area contributed by atoms with Crippen molar-refractivity contribution in [2.24, 2.45) is 0 Å². The molecular weight excluding hydrogens is 443 g/mol. The van der Waals surface area contributed by atoms with Crippen LogP contribution in [-0.4, -0.2) is 41.0 Å². The predicted octanol–water partition coefficient (Wildman–Crippen LogP) is 4.24. The first kappa shape index (κ1) is 23.0. The van der Waals surface area contributed by atoms with E-state index in [1.807, 2.05) is 42.5 Å². The van der Waals surface area contributed by atoms with Gasteiger partial charge < -0.3 is 15.3 Å². The number of nitrogens with zero attached hydrogens (tertiary/aromatic N) is 1. The smallest absolute Gasteiger partial charge is 0.251 e. The molecule has 2 N–H and O–H groups in total. The third-order valence-corrected chi connectivity index (χ3v) is 7.29. The minimum Gasteiger partial charge on any atom is -0.390 e. The van der Waals surface area contributed by atoms with Gasteiger partial charge in [0, 0.05) is 30.1 Å². The van der Waals surface area contributed by atoms with Gasteiger partial charge in [-0.15, -0.1) is 0 Å². The van der Waals surface area contributed by atoms with Crippen molar-refractivity contribution in [1.29, 1.82) is 0 Å². The van der Waals surface area contributed by atoms with Crippen molar-refractivity contribution in [2.45, 2.75) is 30.4 Å². The molecule has 1 aliphatic heterocycles. The Morgan fingerprint density at radius 2 is 1.60 bits per heavy atom. The van der Waals surface area contributed by atoms with Gasteiger partial charge in [-0.3, -0.25) is 9.59 Å². The zero-order valence-corrected chi connectivity index (χ0v) is 19.2. The summed E-state index contributed by atoms with van der Waals surface area (Å²) in [7, 11) is 0. The molecule has 178 valence electrons. The van der Waals surface area contributed by atoms with Gasteiger partial charge in [0.15, 0.2) is 0 Å². The maximum atomic E-state index is 13.1. The monoisotopic (exact) mass is 470 g/mol. The second-order valence-electron chi connectivity index (χ2n) is 9.22. The average Bonchev–Trinajstić information content (AvgIpc) is 3.12. The Hall–Kier alpha value is -3.77. The van der Waals surface area contributed by atoms with Crippen LogP contribution in [0, 0.1) is 5.82 Å². The fraction of sp³-hybridized carbons (Fsp3) is 0.241. The van der Waals surface area contributed by atoms with Crippen LogP contribution in [0.2, 0.25) is 0 Å². The molecule has 2 atom stereocenters. The van der Waals surface area contributed by atoms with E-state index in [4.69, 9.17) is 0 Å². The second kappa shape index (κ2) is 9.47. The van der Waals surface area contributed by atoms with Gasteiger partial charge >= 0.3 is 0 Å². The molecule has 6 heteroatoms. The van der Waals surface area contributed by atoms with Gasteiger partial charge in [0.05, 0.1) is 12.1 Å². The highest BCUT2D eigenvalue weighted by atomic mass is 19.1. The molecule has 0 saturated carbocycles. The number of amides is 2. The number of aliphatic hydroxyl groups is 1. The number of fused-ring (bicyclic) bond motifs is 2. The molecule has 1 heterocycles. The number of benzene rings is 3. The highest BCUT2D eigenvalue weighted by Crippen LogP contribution is 2.51. The molecule has 3 aromatic carbocycles. The minimum absolute atomic E-state index is 0.112. The fourth-order valence-electron chi connectivity index (χ4n) is 5.38. The van der Waals surface area contributed by atoms with Gasteiger partial charge in [-0.25, -0.2) is 4.39 Å². The van der Waals surface area contributed by atoms with Crippen molar-refractivity contribution >= 4 is 17.9 Å². The lowest BCUT2D eigenvalue weighted by Gasteiger charge is -2.42. The molecule has 3 aromatic rings. The number of carbonyl (C=O) groups is 2. The Morgan fingerprint density at radius 3 is 2.31 bits per heavy atom.